The largest absolute Gasteiger partial charge is 0.492 e. The quantitative estimate of drug-likeness (QED) is 0.542. The molecule has 0 saturated carbocycles. The van der Waals surface area contributed by atoms with Gasteiger partial charge >= 0.3 is 7.12 Å². The molecule has 1 saturated heterocycles. The molecule has 1 amide bonds. The lowest BCUT2D eigenvalue weighted by molar-refractivity contribution is -0.118. The number of hydrogen-bond donors (Lipinski definition) is 3. The van der Waals surface area contributed by atoms with Gasteiger partial charge < -0.3 is 25.7 Å². The van der Waals surface area contributed by atoms with E-state index in [1.807, 2.05) is 58.0 Å². The molecule has 0 atom stereocenters. The summed E-state index contributed by atoms with van der Waals surface area (Å²) in [6.45, 7) is 9.76. The van der Waals surface area contributed by atoms with Crippen molar-refractivity contribution < 1.29 is 14.1 Å². The molecule has 0 aromatic heterocycles. The van der Waals surface area contributed by atoms with E-state index in [9.17, 15) is 4.79 Å². The third kappa shape index (κ3) is 4.84. The van der Waals surface area contributed by atoms with Gasteiger partial charge in [-0.25, -0.2) is 0 Å². The van der Waals surface area contributed by atoms with E-state index in [0.29, 0.717) is 6.54 Å². The summed E-state index contributed by atoms with van der Waals surface area (Å²) in [5, 5.41) is 5.97. The first kappa shape index (κ1) is 20.4. The molecule has 1 aliphatic heterocycles. The number of carbonyl (C=O) groups excluding carboxylic acids is 1. The Balaban J connectivity index is 2.38. The van der Waals surface area contributed by atoms with E-state index < -0.39 is 18.3 Å². The Labute approximate surface area is 160 Å². The second-order valence-electron chi connectivity index (χ2n) is 7.29. The van der Waals surface area contributed by atoms with Crippen molar-refractivity contribution in [2.24, 2.45) is 5.73 Å². The van der Waals surface area contributed by atoms with Crippen LogP contribution in [0.2, 0.25) is 0 Å². The van der Waals surface area contributed by atoms with Gasteiger partial charge in [-0.15, -0.1) is 0 Å². The highest BCUT2D eigenvalue weighted by Crippen LogP contribution is 2.39. The average molecular weight is 375 g/mol. The number of amides is 1. The highest BCUT2D eigenvalue weighted by atomic mass is 32.1. The zero-order valence-electron chi connectivity index (χ0n) is 15.9. The summed E-state index contributed by atoms with van der Waals surface area (Å²) in [5.74, 6) is -0.123. The smallest absolute Gasteiger partial charge is 0.400 e. The molecule has 140 valence electrons. The Morgan fingerprint density at radius 1 is 1.23 bits per heavy atom. The monoisotopic (exact) mass is 375 g/mol. The molecule has 1 aromatic carbocycles. The number of thiocarbonyl (C=S) groups is 1. The van der Waals surface area contributed by atoms with Crippen LogP contribution in [0.3, 0.4) is 0 Å². The molecular formula is C18H26BN3O3S. The van der Waals surface area contributed by atoms with Gasteiger partial charge in [-0.1, -0.05) is 24.3 Å². The lowest BCUT2D eigenvalue weighted by atomic mass is 9.76. The number of hydrogen-bond acceptors (Lipinski definition) is 4. The molecule has 1 aromatic rings. The zero-order chi connectivity index (χ0) is 19.5. The third-order valence-electron chi connectivity index (χ3n) is 4.66. The van der Waals surface area contributed by atoms with Crippen LogP contribution in [-0.4, -0.2) is 35.9 Å². The van der Waals surface area contributed by atoms with Crippen LogP contribution in [0.15, 0.2) is 29.7 Å². The van der Waals surface area contributed by atoms with Gasteiger partial charge in [0.25, 0.3) is 0 Å². The molecule has 8 heteroatoms. The highest BCUT2D eigenvalue weighted by molar-refractivity contribution is 7.80. The summed E-state index contributed by atoms with van der Waals surface area (Å²) in [6.07, 6.45) is 1.93. The molecule has 1 fully saturated rings. The first-order chi connectivity index (χ1) is 12.0. The number of para-hydroxylation sites is 1. The van der Waals surface area contributed by atoms with Crippen LogP contribution in [0, 0.1) is 0 Å². The summed E-state index contributed by atoms with van der Waals surface area (Å²) in [5.41, 5.74) is 7.12. The van der Waals surface area contributed by atoms with Crippen molar-refractivity contribution >= 4 is 42.1 Å². The SMILES string of the molecule is CC(=O)NCC(=Cc1ccccc1NC(N)=S)B1OC(C)(C)C(C)(C)O1. The Hall–Kier alpha value is -1.90. The zero-order valence-corrected chi connectivity index (χ0v) is 16.7. The van der Waals surface area contributed by atoms with E-state index in [2.05, 4.69) is 10.6 Å². The van der Waals surface area contributed by atoms with Crippen LogP contribution in [0.25, 0.3) is 6.08 Å². The number of rotatable bonds is 5. The number of nitrogens with one attached hydrogen (secondary N) is 2. The Kier molecular flexibility index (Phi) is 6.11. The maximum atomic E-state index is 11.4. The van der Waals surface area contributed by atoms with Crippen molar-refractivity contribution in [3.05, 3.63) is 35.3 Å². The second kappa shape index (κ2) is 7.78. The molecule has 2 rings (SSSR count). The predicted octanol–water partition coefficient (Wildman–Crippen LogP) is 2.49. The van der Waals surface area contributed by atoms with Crippen LogP contribution in [0.4, 0.5) is 5.69 Å². The van der Waals surface area contributed by atoms with Crippen molar-refractivity contribution in [2.45, 2.75) is 45.8 Å². The molecule has 26 heavy (non-hydrogen) atoms. The maximum absolute atomic E-state index is 11.4. The Morgan fingerprint density at radius 3 is 2.35 bits per heavy atom. The van der Waals surface area contributed by atoms with Gasteiger partial charge in [0.1, 0.15) is 0 Å². The minimum atomic E-state index is -0.565. The van der Waals surface area contributed by atoms with Gasteiger partial charge in [0, 0.05) is 19.2 Å². The van der Waals surface area contributed by atoms with Crippen LogP contribution >= 0.6 is 12.2 Å². The first-order valence-corrected chi connectivity index (χ1v) is 8.89. The van der Waals surface area contributed by atoms with Crippen molar-refractivity contribution in [2.75, 3.05) is 11.9 Å². The molecular weight excluding hydrogens is 349 g/mol. The fourth-order valence-corrected chi connectivity index (χ4v) is 2.60. The summed E-state index contributed by atoms with van der Waals surface area (Å²) in [4.78, 5) is 11.4. The van der Waals surface area contributed by atoms with Gasteiger partial charge in [0.2, 0.25) is 5.91 Å². The fourth-order valence-electron chi connectivity index (χ4n) is 2.49. The van der Waals surface area contributed by atoms with E-state index in [0.717, 1.165) is 16.7 Å². The molecule has 6 nitrogen and oxygen atoms in total. The van der Waals surface area contributed by atoms with E-state index in [1.54, 1.807) is 0 Å². The molecule has 0 unspecified atom stereocenters. The van der Waals surface area contributed by atoms with Crippen LogP contribution in [0.5, 0.6) is 0 Å². The Morgan fingerprint density at radius 2 is 1.81 bits per heavy atom. The second-order valence-corrected chi connectivity index (χ2v) is 7.73. The summed E-state index contributed by atoms with van der Waals surface area (Å²) in [6, 6.07) is 7.61. The summed E-state index contributed by atoms with van der Waals surface area (Å²) >= 11 is 4.94. The fraction of sp³-hybridized carbons (Fsp3) is 0.444. The number of nitrogens with two attached hydrogens (primary N) is 1. The third-order valence-corrected chi connectivity index (χ3v) is 4.76. The van der Waals surface area contributed by atoms with Crippen LogP contribution in [-0.2, 0) is 14.1 Å². The van der Waals surface area contributed by atoms with E-state index in [4.69, 9.17) is 27.3 Å². The molecule has 4 N–H and O–H groups in total. The van der Waals surface area contributed by atoms with E-state index in [1.165, 1.54) is 6.92 Å². The summed E-state index contributed by atoms with van der Waals surface area (Å²) < 4.78 is 12.3. The van der Waals surface area contributed by atoms with Crippen molar-refractivity contribution in [3.8, 4) is 0 Å². The lowest BCUT2D eigenvalue weighted by Gasteiger charge is -2.32. The van der Waals surface area contributed by atoms with Crippen LogP contribution in [0.1, 0.15) is 40.2 Å². The van der Waals surface area contributed by atoms with Gasteiger partial charge in [-0.05, 0) is 57.0 Å². The van der Waals surface area contributed by atoms with E-state index >= 15 is 0 Å². The van der Waals surface area contributed by atoms with Gasteiger partial charge in [-0.3, -0.25) is 4.79 Å². The number of benzene rings is 1. The number of anilines is 1. The molecule has 1 heterocycles. The molecule has 0 aliphatic carbocycles. The molecule has 0 radical (unpaired) electrons. The van der Waals surface area contributed by atoms with Gasteiger partial charge in [0.15, 0.2) is 5.11 Å². The van der Waals surface area contributed by atoms with E-state index in [-0.39, 0.29) is 11.0 Å². The lowest BCUT2D eigenvalue weighted by Crippen LogP contribution is -2.41. The molecule has 0 bridgehead atoms. The van der Waals surface area contributed by atoms with Crippen molar-refractivity contribution in [1.29, 1.82) is 0 Å². The topological polar surface area (TPSA) is 85.6 Å². The van der Waals surface area contributed by atoms with Gasteiger partial charge in [-0.2, -0.15) is 0 Å². The number of carbonyl (C=O) groups is 1. The first-order valence-electron chi connectivity index (χ1n) is 8.48. The van der Waals surface area contributed by atoms with Gasteiger partial charge in [0.05, 0.1) is 11.2 Å². The predicted molar refractivity (Wildman–Crippen MR) is 110 cm³/mol. The highest BCUT2D eigenvalue weighted by Gasteiger charge is 2.52. The minimum absolute atomic E-state index is 0.123. The van der Waals surface area contributed by atoms with Crippen LogP contribution < -0.4 is 16.4 Å². The minimum Gasteiger partial charge on any atom is -0.400 e. The maximum Gasteiger partial charge on any atom is 0.492 e. The van der Waals surface area contributed by atoms with Crippen molar-refractivity contribution in [1.82, 2.24) is 5.32 Å². The average Bonchev–Trinajstić information content (AvgIpc) is 2.72. The summed E-state index contributed by atoms with van der Waals surface area (Å²) in [7, 11) is -0.565. The molecule has 1 aliphatic rings. The normalized spacial score (nSPS) is 18.5. The molecule has 0 spiro atoms. The Bertz CT molecular complexity index is 718. The standard InChI is InChI=1S/C18H26BN3O3S/c1-12(23)21-11-14(19-24-17(2,3)18(4,5)25-19)10-13-8-6-7-9-15(13)22-16(20)26/h6-10H,11H2,1-5H3,(H,21,23)(H3,20,22,26). The van der Waals surface area contributed by atoms with Crippen molar-refractivity contribution in [3.63, 3.8) is 0 Å².